The number of benzene rings is 1. The molecular formula is C14H14F4O2. The SMILES string of the molecule is Fc1c(C2CC2)ccc(OC2CCC2)c1OC(F)(F)F. The van der Waals surface area contributed by atoms with E-state index in [1.165, 1.54) is 12.1 Å². The minimum Gasteiger partial charge on any atom is -0.486 e. The van der Waals surface area contributed by atoms with E-state index in [-0.39, 0.29) is 23.3 Å². The Morgan fingerprint density at radius 3 is 2.25 bits per heavy atom. The Morgan fingerprint density at radius 2 is 1.75 bits per heavy atom. The zero-order chi connectivity index (χ0) is 14.3. The van der Waals surface area contributed by atoms with Crippen molar-refractivity contribution in [1.29, 1.82) is 0 Å². The van der Waals surface area contributed by atoms with Crippen LogP contribution in [0.4, 0.5) is 17.6 Å². The Bertz CT molecular complexity index is 505. The van der Waals surface area contributed by atoms with Gasteiger partial charge in [0, 0.05) is 0 Å². The number of ether oxygens (including phenoxy) is 2. The van der Waals surface area contributed by atoms with Crippen molar-refractivity contribution in [3.63, 3.8) is 0 Å². The highest BCUT2D eigenvalue weighted by molar-refractivity contribution is 5.47. The van der Waals surface area contributed by atoms with Crippen molar-refractivity contribution in [3.05, 3.63) is 23.5 Å². The number of hydrogen-bond donors (Lipinski definition) is 0. The van der Waals surface area contributed by atoms with Crippen molar-refractivity contribution in [3.8, 4) is 11.5 Å². The van der Waals surface area contributed by atoms with Crippen molar-refractivity contribution in [2.24, 2.45) is 0 Å². The van der Waals surface area contributed by atoms with Gasteiger partial charge in [0.25, 0.3) is 0 Å². The first kappa shape index (κ1) is 13.5. The van der Waals surface area contributed by atoms with Crippen LogP contribution in [0.15, 0.2) is 12.1 Å². The van der Waals surface area contributed by atoms with Gasteiger partial charge >= 0.3 is 6.36 Å². The Morgan fingerprint density at radius 1 is 1.05 bits per heavy atom. The molecule has 2 nitrogen and oxygen atoms in total. The van der Waals surface area contributed by atoms with Gasteiger partial charge in [-0.05, 0) is 49.7 Å². The molecule has 2 aliphatic carbocycles. The lowest BCUT2D eigenvalue weighted by molar-refractivity contribution is -0.276. The highest BCUT2D eigenvalue weighted by Gasteiger charge is 2.37. The normalized spacial score (nSPS) is 19.6. The van der Waals surface area contributed by atoms with E-state index in [1.807, 2.05) is 0 Å². The maximum absolute atomic E-state index is 14.2. The molecular weight excluding hydrogens is 276 g/mol. The summed E-state index contributed by atoms with van der Waals surface area (Å²) in [4.78, 5) is 0. The van der Waals surface area contributed by atoms with Crippen LogP contribution in [0.2, 0.25) is 0 Å². The molecule has 20 heavy (non-hydrogen) atoms. The minimum atomic E-state index is -4.93. The number of alkyl halides is 3. The summed E-state index contributed by atoms with van der Waals surface area (Å²) in [7, 11) is 0. The summed E-state index contributed by atoms with van der Waals surface area (Å²) in [6, 6.07) is 2.89. The second kappa shape index (κ2) is 4.82. The molecule has 0 spiro atoms. The first-order chi connectivity index (χ1) is 9.44. The van der Waals surface area contributed by atoms with Gasteiger partial charge in [-0.3, -0.25) is 0 Å². The van der Waals surface area contributed by atoms with Gasteiger partial charge in [0.1, 0.15) is 0 Å². The van der Waals surface area contributed by atoms with Gasteiger partial charge in [-0.2, -0.15) is 0 Å². The van der Waals surface area contributed by atoms with Crippen LogP contribution in [0.25, 0.3) is 0 Å². The number of halogens is 4. The number of hydrogen-bond acceptors (Lipinski definition) is 2. The zero-order valence-electron chi connectivity index (χ0n) is 10.7. The van der Waals surface area contributed by atoms with Gasteiger partial charge < -0.3 is 9.47 Å². The summed E-state index contributed by atoms with van der Waals surface area (Å²) in [5.74, 6) is -1.92. The van der Waals surface area contributed by atoms with Crippen LogP contribution in [-0.4, -0.2) is 12.5 Å². The Hall–Kier alpha value is -1.46. The first-order valence-electron chi connectivity index (χ1n) is 6.69. The zero-order valence-corrected chi connectivity index (χ0v) is 10.7. The molecule has 110 valence electrons. The highest BCUT2D eigenvalue weighted by atomic mass is 19.4. The van der Waals surface area contributed by atoms with Crippen molar-refractivity contribution in [1.82, 2.24) is 0 Å². The van der Waals surface area contributed by atoms with E-state index >= 15 is 0 Å². The van der Waals surface area contributed by atoms with E-state index in [4.69, 9.17) is 4.74 Å². The molecule has 0 aromatic heterocycles. The summed E-state index contributed by atoms with van der Waals surface area (Å²) < 4.78 is 60.8. The van der Waals surface area contributed by atoms with E-state index in [2.05, 4.69) is 4.74 Å². The molecule has 2 aliphatic rings. The van der Waals surface area contributed by atoms with Gasteiger partial charge in [0.15, 0.2) is 11.6 Å². The Balaban J connectivity index is 1.92. The summed E-state index contributed by atoms with van der Waals surface area (Å²) in [6.07, 6.45) is -0.953. The van der Waals surface area contributed by atoms with Crippen molar-refractivity contribution in [2.75, 3.05) is 0 Å². The molecule has 0 bridgehead atoms. The quantitative estimate of drug-likeness (QED) is 0.758. The van der Waals surface area contributed by atoms with Gasteiger partial charge in [0.05, 0.1) is 6.10 Å². The van der Waals surface area contributed by atoms with E-state index in [0.29, 0.717) is 0 Å². The maximum atomic E-state index is 14.2. The van der Waals surface area contributed by atoms with E-state index < -0.39 is 17.9 Å². The molecule has 0 radical (unpaired) electrons. The fraction of sp³-hybridized carbons (Fsp3) is 0.571. The van der Waals surface area contributed by atoms with Gasteiger partial charge in [0.2, 0.25) is 5.75 Å². The molecule has 2 fully saturated rings. The maximum Gasteiger partial charge on any atom is 0.573 e. The van der Waals surface area contributed by atoms with E-state index in [9.17, 15) is 17.6 Å². The predicted molar refractivity (Wildman–Crippen MR) is 63.3 cm³/mol. The van der Waals surface area contributed by atoms with Crippen LogP contribution in [0.5, 0.6) is 11.5 Å². The highest BCUT2D eigenvalue weighted by Crippen LogP contribution is 2.46. The summed E-state index contributed by atoms with van der Waals surface area (Å²) in [5, 5.41) is 0. The molecule has 0 saturated heterocycles. The number of rotatable bonds is 4. The summed E-state index contributed by atoms with van der Waals surface area (Å²) in [6.45, 7) is 0. The van der Waals surface area contributed by atoms with Crippen LogP contribution < -0.4 is 9.47 Å². The monoisotopic (exact) mass is 290 g/mol. The molecule has 1 aromatic carbocycles. The summed E-state index contributed by atoms with van der Waals surface area (Å²) in [5.41, 5.74) is 0.283. The second-order valence-electron chi connectivity index (χ2n) is 5.29. The molecule has 0 N–H and O–H groups in total. The largest absolute Gasteiger partial charge is 0.573 e. The van der Waals surface area contributed by atoms with Crippen LogP contribution in [-0.2, 0) is 0 Å². The lowest BCUT2D eigenvalue weighted by atomic mass is 9.96. The molecule has 0 heterocycles. The second-order valence-corrected chi connectivity index (χ2v) is 5.29. The smallest absolute Gasteiger partial charge is 0.486 e. The average Bonchev–Trinajstić information content (AvgIpc) is 3.10. The standard InChI is InChI=1S/C14H14F4O2/c15-12-10(8-4-5-8)6-7-11(19-9-2-1-3-9)13(12)20-14(16,17)18/h6-9H,1-5H2. The summed E-state index contributed by atoms with van der Waals surface area (Å²) >= 11 is 0. The molecule has 0 aliphatic heterocycles. The fourth-order valence-corrected chi connectivity index (χ4v) is 2.24. The van der Waals surface area contributed by atoms with Crippen LogP contribution in [0.3, 0.4) is 0 Å². The predicted octanol–water partition coefficient (Wildman–Crippen LogP) is 4.53. The van der Waals surface area contributed by atoms with Gasteiger partial charge in [-0.1, -0.05) is 6.07 Å². The molecule has 0 unspecified atom stereocenters. The Labute approximate surface area is 113 Å². The Kier molecular flexibility index (Phi) is 3.26. The first-order valence-corrected chi connectivity index (χ1v) is 6.69. The molecule has 1 aromatic rings. The van der Waals surface area contributed by atoms with E-state index in [0.717, 1.165) is 32.1 Å². The molecule has 0 atom stereocenters. The fourth-order valence-electron chi connectivity index (χ4n) is 2.24. The third-order valence-corrected chi connectivity index (χ3v) is 3.67. The van der Waals surface area contributed by atoms with Gasteiger partial charge in [-0.25, -0.2) is 4.39 Å². The van der Waals surface area contributed by atoms with E-state index in [1.54, 1.807) is 0 Å². The van der Waals surface area contributed by atoms with Crippen molar-refractivity contribution < 1.29 is 27.0 Å². The van der Waals surface area contributed by atoms with Crippen LogP contribution in [0, 0.1) is 5.82 Å². The lowest BCUT2D eigenvalue weighted by Gasteiger charge is -2.27. The molecule has 6 heteroatoms. The minimum absolute atomic E-state index is 0.00309. The molecule has 2 saturated carbocycles. The topological polar surface area (TPSA) is 18.5 Å². The van der Waals surface area contributed by atoms with Crippen molar-refractivity contribution in [2.45, 2.75) is 50.5 Å². The average molecular weight is 290 g/mol. The third-order valence-electron chi connectivity index (χ3n) is 3.67. The van der Waals surface area contributed by atoms with Crippen molar-refractivity contribution >= 4 is 0 Å². The van der Waals surface area contributed by atoms with Crippen LogP contribution in [0.1, 0.15) is 43.6 Å². The third kappa shape index (κ3) is 2.83. The lowest BCUT2D eigenvalue weighted by Crippen LogP contribution is -2.26. The van der Waals surface area contributed by atoms with Crippen LogP contribution >= 0.6 is 0 Å². The molecule has 0 amide bonds. The molecule has 3 rings (SSSR count). The van der Waals surface area contributed by atoms with Gasteiger partial charge in [-0.15, -0.1) is 13.2 Å².